The van der Waals surface area contributed by atoms with E-state index in [1.807, 2.05) is 0 Å². The molecule has 0 saturated heterocycles. The molecule has 0 spiro atoms. The fourth-order valence-electron chi connectivity index (χ4n) is 1.10. The third-order valence-corrected chi connectivity index (χ3v) is 5.01. The lowest BCUT2D eigenvalue weighted by molar-refractivity contribution is 0.185. The Bertz CT molecular complexity index is 426. The van der Waals surface area contributed by atoms with Gasteiger partial charge in [-0.3, -0.25) is 0 Å². The fraction of sp³-hybridized carbons (Fsp3) is 0.556. The van der Waals surface area contributed by atoms with Crippen molar-refractivity contribution in [3.8, 4) is 0 Å². The van der Waals surface area contributed by atoms with E-state index in [0.717, 1.165) is 0 Å². The van der Waals surface area contributed by atoms with Gasteiger partial charge < -0.3 is 9.84 Å². The van der Waals surface area contributed by atoms with Crippen LogP contribution in [-0.4, -0.2) is 45.1 Å². The SMILES string of the molecule is COCCN(C)S(=O)(=O)c1csc(CO)c1. The summed E-state index contributed by atoms with van der Waals surface area (Å²) >= 11 is 1.23. The second-order valence-corrected chi connectivity index (χ2v) is 6.27. The van der Waals surface area contributed by atoms with Crippen molar-refractivity contribution in [2.75, 3.05) is 27.3 Å². The van der Waals surface area contributed by atoms with Gasteiger partial charge in [0.2, 0.25) is 10.0 Å². The van der Waals surface area contributed by atoms with Gasteiger partial charge in [0.15, 0.2) is 0 Å². The Morgan fingerprint density at radius 1 is 1.56 bits per heavy atom. The highest BCUT2D eigenvalue weighted by Gasteiger charge is 2.21. The highest BCUT2D eigenvalue weighted by atomic mass is 32.2. The number of aliphatic hydroxyl groups is 1. The summed E-state index contributed by atoms with van der Waals surface area (Å²) in [6, 6.07) is 1.49. The Hall–Kier alpha value is -0.470. The highest BCUT2D eigenvalue weighted by molar-refractivity contribution is 7.89. The lowest BCUT2D eigenvalue weighted by Crippen LogP contribution is -2.29. The van der Waals surface area contributed by atoms with Crippen molar-refractivity contribution >= 4 is 21.4 Å². The van der Waals surface area contributed by atoms with Gasteiger partial charge in [0.25, 0.3) is 0 Å². The molecular weight excluding hydrogens is 250 g/mol. The van der Waals surface area contributed by atoms with Gasteiger partial charge in [-0.25, -0.2) is 8.42 Å². The van der Waals surface area contributed by atoms with Crippen LogP contribution in [0.5, 0.6) is 0 Å². The molecule has 5 nitrogen and oxygen atoms in total. The number of hydrogen-bond donors (Lipinski definition) is 1. The summed E-state index contributed by atoms with van der Waals surface area (Å²) in [6.07, 6.45) is 0. The van der Waals surface area contributed by atoms with Gasteiger partial charge in [-0.15, -0.1) is 11.3 Å². The third-order valence-electron chi connectivity index (χ3n) is 2.10. The maximum absolute atomic E-state index is 12.0. The average molecular weight is 265 g/mol. The van der Waals surface area contributed by atoms with Crippen LogP contribution in [0.2, 0.25) is 0 Å². The summed E-state index contributed by atoms with van der Waals surface area (Å²) in [5, 5.41) is 10.4. The molecule has 0 amide bonds. The molecule has 1 N–H and O–H groups in total. The molecule has 0 unspecified atom stereocenters. The van der Waals surface area contributed by atoms with E-state index < -0.39 is 10.0 Å². The molecule has 0 saturated carbocycles. The van der Waals surface area contributed by atoms with Gasteiger partial charge in [0.05, 0.1) is 18.1 Å². The predicted octanol–water partition coefficient (Wildman–Crippen LogP) is 0.507. The summed E-state index contributed by atoms with van der Waals surface area (Å²) < 4.78 is 30.0. The largest absolute Gasteiger partial charge is 0.391 e. The van der Waals surface area contributed by atoms with Crippen LogP contribution < -0.4 is 0 Å². The smallest absolute Gasteiger partial charge is 0.243 e. The van der Waals surface area contributed by atoms with Gasteiger partial charge >= 0.3 is 0 Å². The molecule has 92 valence electrons. The zero-order valence-electron chi connectivity index (χ0n) is 9.21. The molecule has 0 bridgehead atoms. The summed E-state index contributed by atoms with van der Waals surface area (Å²) in [4.78, 5) is 0.860. The number of thiophene rings is 1. The first-order valence-corrected chi connectivity index (χ1v) is 6.98. The molecule has 0 aliphatic carbocycles. The summed E-state index contributed by atoms with van der Waals surface area (Å²) in [5.41, 5.74) is 0. The van der Waals surface area contributed by atoms with E-state index in [2.05, 4.69) is 0 Å². The summed E-state index contributed by atoms with van der Waals surface area (Å²) in [7, 11) is -0.421. The van der Waals surface area contributed by atoms with E-state index in [0.29, 0.717) is 18.0 Å². The Morgan fingerprint density at radius 2 is 2.25 bits per heavy atom. The van der Waals surface area contributed by atoms with Crippen molar-refractivity contribution in [2.24, 2.45) is 0 Å². The van der Waals surface area contributed by atoms with Gasteiger partial charge in [0, 0.05) is 31.0 Å². The summed E-state index contributed by atoms with van der Waals surface area (Å²) in [5.74, 6) is 0. The quantitative estimate of drug-likeness (QED) is 0.813. The van der Waals surface area contributed by atoms with Crippen LogP contribution in [0.25, 0.3) is 0 Å². The molecule has 0 radical (unpaired) electrons. The second kappa shape index (κ2) is 5.74. The number of nitrogens with zero attached hydrogens (tertiary/aromatic N) is 1. The first kappa shape index (κ1) is 13.6. The lowest BCUT2D eigenvalue weighted by atomic mass is 10.5. The third kappa shape index (κ3) is 3.02. The van der Waals surface area contributed by atoms with E-state index in [1.54, 1.807) is 0 Å². The molecule has 1 aromatic heterocycles. The Kier molecular flexibility index (Phi) is 4.88. The average Bonchev–Trinajstić information content (AvgIpc) is 2.74. The minimum atomic E-state index is -3.45. The molecule has 1 heterocycles. The predicted molar refractivity (Wildman–Crippen MR) is 61.9 cm³/mol. The van der Waals surface area contributed by atoms with Gasteiger partial charge in [-0.2, -0.15) is 4.31 Å². The van der Waals surface area contributed by atoms with Crippen LogP contribution >= 0.6 is 11.3 Å². The van der Waals surface area contributed by atoms with Crippen molar-refractivity contribution < 1.29 is 18.3 Å². The molecule has 1 rings (SSSR count). The number of rotatable bonds is 6. The van der Waals surface area contributed by atoms with Crippen molar-refractivity contribution in [1.29, 1.82) is 0 Å². The molecule has 0 aliphatic heterocycles. The minimum Gasteiger partial charge on any atom is -0.391 e. The zero-order valence-corrected chi connectivity index (χ0v) is 10.8. The Labute approximate surface area is 99.3 Å². The van der Waals surface area contributed by atoms with Crippen molar-refractivity contribution in [2.45, 2.75) is 11.5 Å². The molecule has 0 fully saturated rings. The summed E-state index contributed by atoms with van der Waals surface area (Å²) in [6.45, 7) is 0.526. The van der Waals surface area contributed by atoms with E-state index in [9.17, 15) is 8.42 Å². The first-order chi connectivity index (χ1) is 7.52. The van der Waals surface area contributed by atoms with Crippen LogP contribution in [0.3, 0.4) is 0 Å². The van der Waals surface area contributed by atoms with Crippen molar-refractivity contribution in [3.63, 3.8) is 0 Å². The number of aliphatic hydroxyl groups excluding tert-OH is 1. The van der Waals surface area contributed by atoms with Crippen LogP contribution in [-0.2, 0) is 21.4 Å². The minimum absolute atomic E-state index is 0.137. The molecular formula is C9H15NO4S2. The van der Waals surface area contributed by atoms with E-state index in [4.69, 9.17) is 9.84 Å². The molecule has 0 aromatic carbocycles. The molecule has 16 heavy (non-hydrogen) atoms. The standard InChI is InChI=1S/C9H15NO4S2/c1-10(3-4-14-2)16(12,13)9-5-8(6-11)15-7-9/h5,7,11H,3-4,6H2,1-2H3. The molecule has 0 aliphatic rings. The molecule has 1 aromatic rings. The van der Waals surface area contributed by atoms with Crippen LogP contribution in [0.4, 0.5) is 0 Å². The topological polar surface area (TPSA) is 66.8 Å². The van der Waals surface area contributed by atoms with Crippen molar-refractivity contribution in [1.82, 2.24) is 4.31 Å². The zero-order chi connectivity index (χ0) is 12.2. The Morgan fingerprint density at radius 3 is 2.75 bits per heavy atom. The maximum Gasteiger partial charge on any atom is 0.243 e. The highest BCUT2D eigenvalue weighted by Crippen LogP contribution is 2.21. The van der Waals surface area contributed by atoms with Gasteiger partial charge in [0.1, 0.15) is 0 Å². The fourth-order valence-corrected chi connectivity index (χ4v) is 3.38. The number of likely N-dealkylation sites (N-methyl/N-ethyl adjacent to an activating group) is 1. The van der Waals surface area contributed by atoms with Gasteiger partial charge in [-0.1, -0.05) is 0 Å². The Balaban J connectivity index is 2.84. The van der Waals surface area contributed by atoms with Crippen LogP contribution in [0, 0.1) is 0 Å². The monoisotopic (exact) mass is 265 g/mol. The first-order valence-electron chi connectivity index (χ1n) is 4.66. The van der Waals surface area contributed by atoms with Crippen molar-refractivity contribution in [3.05, 3.63) is 16.3 Å². The number of hydrogen-bond acceptors (Lipinski definition) is 5. The maximum atomic E-state index is 12.0. The van der Waals surface area contributed by atoms with Crippen LogP contribution in [0.15, 0.2) is 16.3 Å². The van der Waals surface area contributed by atoms with E-state index in [-0.39, 0.29) is 11.5 Å². The lowest BCUT2D eigenvalue weighted by Gasteiger charge is -2.15. The van der Waals surface area contributed by atoms with E-state index >= 15 is 0 Å². The van der Waals surface area contributed by atoms with Gasteiger partial charge in [-0.05, 0) is 6.07 Å². The number of ether oxygens (including phenoxy) is 1. The van der Waals surface area contributed by atoms with Crippen LogP contribution in [0.1, 0.15) is 4.88 Å². The molecule has 0 atom stereocenters. The number of methoxy groups -OCH3 is 1. The normalized spacial score (nSPS) is 12.2. The number of sulfonamides is 1. The second-order valence-electron chi connectivity index (χ2n) is 3.23. The van der Waals surface area contributed by atoms with E-state index in [1.165, 1.54) is 41.2 Å². The molecule has 7 heteroatoms.